The van der Waals surface area contributed by atoms with Crippen LogP contribution in [0, 0.1) is 0 Å². The molecule has 20 heavy (non-hydrogen) atoms. The molecule has 100 valence electrons. The summed E-state index contributed by atoms with van der Waals surface area (Å²) in [6, 6.07) is 6.75. The maximum atomic E-state index is 4.71. The molecule has 2 heterocycles. The van der Waals surface area contributed by atoms with Gasteiger partial charge in [0.2, 0.25) is 0 Å². The molecule has 0 atom stereocenters. The summed E-state index contributed by atoms with van der Waals surface area (Å²) < 4.78 is 1.80. The zero-order valence-electron chi connectivity index (χ0n) is 11.0. The van der Waals surface area contributed by atoms with E-state index in [1.54, 1.807) is 22.2 Å². The molecule has 0 aliphatic heterocycles. The van der Waals surface area contributed by atoms with Gasteiger partial charge in [0.25, 0.3) is 0 Å². The Morgan fingerprint density at radius 3 is 3.05 bits per heavy atom. The Kier molecular flexibility index (Phi) is 2.85. The van der Waals surface area contributed by atoms with Crippen molar-refractivity contribution in [2.24, 2.45) is 0 Å². The van der Waals surface area contributed by atoms with Gasteiger partial charge in [0.1, 0.15) is 5.01 Å². The third kappa shape index (κ3) is 2.14. The van der Waals surface area contributed by atoms with Gasteiger partial charge < -0.3 is 0 Å². The van der Waals surface area contributed by atoms with E-state index >= 15 is 0 Å². The lowest BCUT2D eigenvalue weighted by molar-refractivity contribution is 0.647. The van der Waals surface area contributed by atoms with Crippen molar-refractivity contribution in [3.05, 3.63) is 52.1 Å². The third-order valence-corrected chi connectivity index (χ3v) is 4.55. The topological polar surface area (TPSA) is 43.6 Å². The normalized spacial score (nSPS) is 13.6. The monoisotopic (exact) mass is 282 g/mol. The van der Waals surface area contributed by atoms with E-state index in [1.165, 1.54) is 36.0 Å². The van der Waals surface area contributed by atoms with Crippen LogP contribution < -0.4 is 0 Å². The van der Waals surface area contributed by atoms with E-state index in [0.29, 0.717) is 6.54 Å². The lowest BCUT2D eigenvalue weighted by atomic mass is 10.1. The first kappa shape index (κ1) is 11.8. The molecule has 0 unspecified atom stereocenters. The molecular formula is C15H14N4S. The minimum Gasteiger partial charge on any atom is -0.246 e. The second-order valence-electron chi connectivity index (χ2n) is 5.06. The summed E-state index contributed by atoms with van der Waals surface area (Å²) in [7, 11) is 0. The highest BCUT2D eigenvalue weighted by Gasteiger charge is 2.13. The molecule has 0 spiro atoms. The predicted molar refractivity (Wildman–Crippen MR) is 78.7 cm³/mol. The Labute approximate surface area is 121 Å². The maximum absolute atomic E-state index is 4.71. The van der Waals surface area contributed by atoms with E-state index in [9.17, 15) is 0 Å². The fraction of sp³-hybridized carbons (Fsp3) is 0.267. The fourth-order valence-electron chi connectivity index (χ4n) is 2.70. The molecule has 0 N–H and O–H groups in total. The fourth-order valence-corrected chi connectivity index (χ4v) is 3.50. The lowest BCUT2D eigenvalue weighted by Crippen LogP contribution is -1.99. The highest BCUT2D eigenvalue weighted by atomic mass is 32.1. The van der Waals surface area contributed by atoms with Crippen molar-refractivity contribution in [2.45, 2.75) is 25.8 Å². The second kappa shape index (κ2) is 4.83. The van der Waals surface area contributed by atoms with E-state index in [4.69, 9.17) is 4.98 Å². The largest absolute Gasteiger partial charge is 0.246 e. The van der Waals surface area contributed by atoms with Crippen LogP contribution in [0.5, 0.6) is 0 Å². The molecule has 2 aromatic heterocycles. The number of aromatic nitrogens is 4. The van der Waals surface area contributed by atoms with Gasteiger partial charge in [0, 0.05) is 17.1 Å². The minimum atomic E-state index is 0.690. The van der Waals surface area contributed by atoms with Crippen molar-refractivity contribution in [3.63, 3.8) is 0 Å². The van der Waals surface area contributed by atoms with Crippen LogP contribution in [0.15, 0.2) is 36.0 Å². The second-order valence-corrected chi connectivity index (χ2v) is 6.01. The van der Waals surface area contributed by atoms with E-state index < -0.39 is 0 Å². The third-order valence-electron chi connectivity index (χ3n) is 3.72. The summed E-state index contributed by atoms with van der Waals surface area (Å²) >= 11 is 1.68. The molecule has 1 aromatic carbocycles. The maximum Gasteiger partial charge on any atom is 0.115 e. The molecule has 0 saturated carbocycles. The standard InChI is InChI=1S/C15H14N4S/c1-2-11-4-5-13(8-12(11)3-1)14-10-20-15(17-14)9-19-7-6-16-18-19/h4-8,10H,1-3,9H2. The van der Waals surface area contributed by atoms with Crippen LogP contribution in [-0.2, 0) is 19.4 Å². The Balaban J connectivity index is 1.61. The summed E-state index contributed by atoms with van der Waals surface area (Å²) in [6.45, 7) is 0.690. The molecular weight excluding hydrogens is 268 g/mol. The van der Waals surface area contributed by atoms with Crippen LogP contribution in [0.25, 0.3) is 11.3 Å². The van der Waals surface area contributed by atoms with Gasteiger partial charge in [0.05, 0.1) is 18.4 Å². The van der Waals surface area contributed by atoms with Gasteiger partial charge in [-0.3, -0.25) is 0 Å². The molecule has 4 nitrogen and oxygen atoms in total. The van der Waals surface area contributed by atoms with Crippen molar-refractivity contribution in [2.75, 3.05) is 0 Å². The number of hydrogen-bond donors (Lipinski definition) is 0. The summed E-state index contributed by atoms with van der Waals surface area (Å²) in [5, 5.41) is 11.0. The van der Waals surface area contributed by atoms with Gasteiger partial charge in [0.15, 0.2) is 0 Å². The zero-order chi connectivity index (χ0) is 13.4. The van der Waals surface area contributed by atoms with E-state index in [0.717, 1.165) is 10.7 Å². The lowest BCUT2D eigenvalue weighted by Gasteiger charge is -2.02. The smallest absolute Gasteiger partial charge is 0.115 e. The van der Waals surface area contributed by atoms with Gasteiger partial charge >= 0.3 is 0 Å². The van der Waals surface area contributed by atoms with Crippen molar-refractivity contribution >= 4 is 11.3 Å². The number of benzene rings is 1. The van der Waals surface area contributed by atoms with E-state index in [-0.39, 0.29) is 0 Å². The van der Waals surface area contributed by atoms with Crippen LogP contribution >= 0.6 is 11.3 Å². The Bertz CT molecular complexity index is 730. The van der Waals surface area contributed by atoms with Crippen molar-refractivity contribution in [3.8, 4) is 11.3 Å². The Morgan fingerprint density at radius 2 is 2.15 bits per heavy atom. The predicted octanol–water partition coefficient (Wildman–Crippen LogP) is 2.94. The molecule has 0 amide bonds. The van der Waals surface area contributed by atoms with Gasteiger partial charge in [-0.1, -0.05) is 17.3 Å². The average molecular weight is 282 g/mol. The van der Waals surface area contributed by atoms with E-state index in [1.807, 2.05) is 6.20 Å². The molecule has 1 aliphatic rings. The van der Waals surface area contributed by atoms with Crippen molar-refractivity contribution < 1.29 is 0 Å². The van der Waals surface area contributed by atoms with Crippen LogP contribution in [0.2, 0.25) is 0 Å². The first-order chi connectivity index (χ1) is 9.88. The first-order valence-electron chi connectivity index (χ1n) is 6.79. The van der Waals surface area contributed by atoms with E-state index in [2.05, 4.69) is 33.9 Å². The number of rotatable bonds is 3. The Morgan fingerprint density at radius 1 is 1.20 bits per heavy atom. The van der Waals surface area contributed by atoms with Crippen LogP contribution in [0.1, 0.15) is 22.6 Å². The summed E-state index contributed by atoms with van der Waals surface area (Å²) in [4.78, 5) is 4.71. The highest BCUT2D eigenvalue weighted by molar-refractivity contribution is 7.09. The van der Waals surface area contributed by atoms with Gasteiger partial charge in [-0.25, -0.2) is 9.67 Å². The van der Waals surface area contributed by atoms with Gasteiger partial charge in [-0.15, -0.1) is 16.4 Å². The summed E-state index contributed by atoms with van der Waals surface area (Å²) in [6.07, 6.45) is 7.27. The molecule has 0 fully saturated rings. The average Bonchev–Trinajstić information content (AvgIpc) is 3.19. The number of hydrogen-bond acceptors (Lipinski definition) is 4. The van der Waals surface area contributed by atoms with Crippen LogP contribution in [-0.4, -0.2) is 20.0 Å². The quantitative estimate of drug-likeness (QED) is 0.742. The minimum absolute atomic E-state index is 0.690. The molecule has 0 bridgehead atoms. The molecule has 1 aliphatic carbocycles. The summed E-state index contributed by atoms with van der Waals surface area (Å²) in [5.41, 5.74) is 5.30. The Hall–Kier alpha value is -2.01. The first-order valence-corrected chi connectivity index (χ1v) is 7.67. The van der Waals surface area contributed by atoms with Crippen molar-refractivity contribution in [1.82, 2.24) is 20.0 Å². The number of nitrogens with zero attached hydrogens (tertiary/aromatic N) is 4. The molecule has 3 aromatic rings. The van der Waals surface area contributed by atoms with Gasteiger partial charge in [-0.05, 0) is 36.5 Å². The van der Waals surface area contributed by atoms with Crippen LogP contribution in [0.3, 0.4) is 0 Å². The molecule has 0 radical (unpaired) electrons. The summed E-state index contributed by atoms with van der Waals surface area (Å²) in [5.74, 6) is 0. The van der Waals surface area contributed by atoms with Crippen LogP contribution in [0.4, 0.5) is 0 Å². The number of fused-ring (bicyclic) bond motifs is 1. The molecule has 5 heteroatoms. The zero-order valence-corrected chi connectivity index (χ0v) is 11.8. The SMILES string of the molecule is c1cn(Cc2nc(-c3ccc4c(c3)CCC4)cs2)nn1. The number of aryl methyl sites for hydroxylation is 2. The highest BCUT2D eigenvalue weighted by Crippen LogP contribution is 2.28. The molecule has 4 rings (SSSR count). The van der Waals surface area contributed by atoms with Crippen molar-refractivity contribution in [1.29, 1.82) is 0 Å². The molecule has 0 saturated heterocycles. The number of thiazole rings is 1. The van der Waals surface area contributed by atoms with Gasteiger partial charge in [-0.2, -0.15) is 0 Å².